The highest BCUT2D eigenvalue weighted by atomic mass is 35.5. The van der Waals surface area contributed by atoms with Crippen molar-refractivity contribution >= 4 is 39.7 Å². The number of hydrogen-bond donors (Lipinski definition) is 2. The van der Waals surface area contributed by atoms with Gasteiger partial charge in [-0.15, -0.1) is 0 Å². The van der Waals surface area contributed by atoms with Crippen molar-refractivity contribution in [1.29, 1.82) is 0 Å². The summed E-state index contributed by atoms with van der Waals surface area (Å²) in [4.78, 5) is 18.6. The maximum Gasteiger partial charge on any atom is 0.319 e. The van der Waals surface area contributed by atoms with Crippen molar-refractivity contribution in [3.8, 4) is 5.88 Å². The number of aromatic nitrogens is 3. The monoisotopic (exact) mass is 448 g/mol. The Hall–Kier alpha value is -2.36. The van der Waals surface area contributed by atoms with E-state index in [2.05, 4.69) is 24.9 Å². The van der Waals surface area contributed by atoms with E-state index in [4.69, 9.17) is 16.3 Å². The summed E-state index contributed by atoms with van der Waals surface area (Å²) in [5.74, 6) is 0.461. The number of anilines is 1. The third-order valence-electron chi connectivity index (χ3n) is 5.03. The molecule has 1 aliphatic heterocycles. The average molecular weight is 449 g/mol. The lowest BCUT2D eigenvalue weighted by Crippen LogP contribution is -2.29. The molecule has 0 spiro atoms. The largest absolute Gasteiger partial charge is 0.472 e. The molecule has 0 radical (unpaired) electrons. The highest BCUT2D eigenvalue weighted by molar-refractivity contribution is 7.10. The molecule has 8 nitrogen and oxygen atoms in total. The third kappa shape index (κ3) is 5.62. The molecule has 3 aromatic heterocycles. The van der Waals surface area contributed by atoms with Gasteiger partial charge in [-0.3, -0.25) is 5.32 Å². The third-order valence-corrected chi connectivity index (χ3v) is 6.02. The van der Waals surface area contributed by atoms with E-state index in [1.54, 1.807) is 18.6 Å². The molecule has 0 saturated carbocycles. The second kappa shape index (κ2) is 10.1. The number of carbonyl (C=O) groups excluding carboxylic acids is 1. The molecule has 30 heavy (non-hydrogen) atoms. The number of imidazole rings is 1. The SMILES string of the molecule is O=C(NCCCCN1CCCC1)Nc1cc(OCc2cc(Cl)c3cncn3c2)ns1. The van der Waals surface area contributed by atoms with Crippen LogP contribution in [0.5, 0.6) is 5.88 Å². The Balaban J connectivity index is 1.17. The van der Waals surface area contributed by atoms with Crippen LogP contribution in [0.4, 0.5) is 9.80 Å². The van der Waals surface area contributed by atoms with Crippen molar-refractivity contribution in [2.75, 3.05) is 31.5 Å². The van der Waals surface area contributed by atoms with Crippen molar-refractivity contribution in [3.05, 3.63) is 41.4 Å². The van der Waals surface area contributed by atoms with Crippen LogP contribution >= 0.6 is 23.1 Å². The quantitative estimate of drug-likeness (QED) is 0.483. The van der Waals surface area contributed by atoms with Gasteiger partial charge < -0.3 is 19.4 Å². The number of unbranched alkanes of at least 4 members (excludes halogenated alkanes) is 1. The number of ether oxygens (including phenoxy) is 1. The summed E-state index contributed by atoms with van der Waals surface area (Å²) in [7, 11) is 0. The Labute approximate surface area is 184 Å². The van der Waals surface area contributed by atoms with Crippen molar-refractivity contribution in [2.45, 2.75) is 32.3 Å². The topological polar surface area (TPSA) is 83.8 Å². The smallest absolute Gasteiger partial charge is 0.319 e. The highest BCUT2D eigenvalue weighted by Gasteiger charge is 2.11. The number of nitrogens with zero attached hydrogens (tertiary/aromatic N) is 4. The number of halogens is 1. The molecule has 10 heteroatoms. The fourth-order valence-corrected chi connectivity index (χ4v) is 4.36. The minimum atomic E-state index is -0.219. The summed E-state index contributed by atoms with van der Waals surface area (Å²) in [6.45, 7) is 4.54. The fraction of sp³-hybridized carbons (Fsp3) is 0.450. The van der Waals surface area contributed by atoms with Crippen molar-refractivity contribution < 1.29 is 9.53 Å². The van der Waals surface area contributed by atoms with E-state index in [9.17, 15) is 4.79 Å². The number of urea groups is 1. The number of hydrogen-bond acceptors (Lipinski definition) is 6. The van der Waals surface area contributed by atoms with E-state index in [1.165, 1.54) is 37.5 Å². The van der Waals surface area contributed by atoms with Crippen LogP contribution in [0.3, 0.4) is 0 Å². The molecule has 1 fully saturated rings. The van der Waals surface area contributed by atoms with Gasteiger partial charge in [0.25, 0.3) is 0 Å². The molecular weight excluding hydrogens is 424 g/mol. The molecule has 160 valence electrons. The van der Waals surface area contributed by atoms with E-state index in [1.807, 2.05) is 16.7 Å². The van der Waals surface area contributed by atoms with Crippen molar-refractivity contribution in [3.63, 3.8) is 0 Å². The van der Waals surface area contributed by atoms with Crippen LogP contribution in [0, 0.1) is 0 Å². The lowest BCUT2D eigenvalue weighted by molar-refractivity contribution is 0.251. The maximum atomic E-state index is 12.0. The summed E-state index contributed by atoms with van der Waals surface area (Å²) in [5, 5.41) is 6.95. The second-order valence-electron chi connectivity index (χ2n) is 7.34. The van der Waals surface area contributed by atoms with Gasteiger partial charge in [-0.25, -0.2) is 9.78 Å². The number of fused-ring (bicyclic) bond motifs is 1. The zero-order chi connectivity index (χ0) is 20.8. The van der Waals surface area contributed by atoms with E-state index in [0.29, 0.717) is 29.1 Å². The first kappa shape index (κ1) is 20.9. The molecule has 0 atom stereocenters. The minimum Gasteiger partial charge on any atom is -0.472 e. The van der Waals surface area contributed by atoms with Gasteiger partial charge >= 0.3 is 6.03 Å². The number of amides is 2. The van der Waals surface area contributed by atoms with Gasteiger partial charge in [0.2, 0.25) is 5.88 Å². The number of nitrogens with one attached hydrogen (secondary N) is 2. The molecular formula is C20H25ClN6O2S. The Morgan fingerprint density at radius 3 is 3.00 bits per heavy atom. The molecule has 0 unspecified atom stereocenters. The van der Waals surface area contributed by atoms with E-state index >= 15 is 0 Å². The van der Waals surface area contributed by atoms with Crippen LogP contribution in [0.1, 0.15) is 31.2 Å². The zero-order valence-electron chi connectivity index (χ0n) is 16.6. The van der Waals surface area contributed by atoms with E-state index < -0.39 is 0 Å². The molecule has 4 heterocycles. The maximum absolute atomic E-state index is 12.0. The van der Waals surface area contributed by atoms with E-state index in [0.717, 1.165) is 30.5 Å². The molecule has 0 aromatic carbocycles. The normalized spacial score (nSPS) is 14.3. The van der Waals surface area contributed by atoms with Gasteiger partial charge in [-0.1, -0.05) is 11.6 Å². The van der Waals surface area contributed by atoms with Crippen LogP contribution < -0.4 is 15.4 Å². The molecule has 0 aliphatic carbocycles. The Morgan fingerprint density at radius 1 is 1.27 bits per heavy atom. The molecule has 1 saturated heterocycles. The minimum absolute atomic E-state index is 0.219. The Morgan fingerprint density at radius 2 is 2.13 bits per heavy atom. The first-order valence-electron chi connectivity index (χ1n) is 10.1. The second-order valence-corrected chi connectivity index (χ2v) is 8.55. The molecule has 4 rings (SSSR count). The molecule has 2 N–H and O–H groups in total. The summed E-state index contributed by atoms with van der Waals surface area (Å²) < 4.78 is 11.8. The van der Waals surface area contributed by atoms with Crippen molar-refractivity contribution in [2.24, 2.45) is 0 Å². The molecule has 0 bridgehead atoms. The first-order chi connectivity index (χ1) is 14.7. The Bertz CT molecular complexity index is 985. The van der Waals surface area contributed by atoms with Gasteiger partial charge in [0.1, 0.15) is 11.6 Å². The van der Waals surface area contributed by atoms with E-state index in [-0.39, 0.29) is 6.03 Å². The first-order valence-corrected chi connectivity index (χ1v) is 11.3. The summed E-state index contributed by atoms with van der Waals surface area (Å²) >= 11 is 7.44. The number of rotatable bonds is 9. The molecule has 2 amide bonds. The summed E-state index contributed by atoms with van der Waals surface area (Å²) in [6.07, 6.45) is 10.0. The van der Waals surface area contributed by atoms with Gasteiger partial charge in [0.15, 0.2) is 0 Å². The predicted molar refractivity (Wildman–Crippen MR) is 119 cm³/mol. The van der Waals surface area contributed by atoms with Gasteiger partial charge in [-0.2, -0.15) is 4.37 Å². The summed E-state index contributed by atoms with van der Waals surface area (Å²) in [5.41, 5.74) is 1.75. The Kier molecular flexibility index (Phi) is 7.03. The number of pyridine rings is 1. The molecule has 3 aromatic rings. The van der Waals surface area contributed by atoms with Crippen LogP contribution in [0.15, 0.2) is 30.9 Å². The van der Waals surface area contributed by atoms with Crippen LogP contribution in [-0.4, -0.2) is 50.9 Å². The van der Waals surface area contributed by atoms with Crippen LogP contribution in [0.25, 0.3) is 5.52 Å². The van der Waals surface area contributed by atoms with Gasteiger partial charge in [0, 0.05) is 24.4 Å². The highest BCUT2D eigenvalue weighted by Crippen LogP contribution is 2.24. The number of likely N-dealkylation sites (tertiary alicyclic amines) is 1. The zero-order valence-corrected chi connectivity index (χ0v) is 18.2. The fourth-order valence-electron chi connectivity index (χ4n) is 3.49. The van der Waals surface area contributed by atoms with Crippen molar-refractivity contribution in [1.82, 2.24) is 24.0 Å². The average Bonchev–Trinajstić information content (AvgIpc) is 3.48. The number of carbonyl (C=O) groups is 1. The lowest BCUT2D eigenvalue weighted by atomic mass is 10.3. The standard InChI is InChI=1S/C20H25ClN6O2S/c21-16-9-15(12-27-14-22-11-17(16)27)13-29-18-10-19(30-25-18)24-20(28)23-5-1-2-6-26-7-3-4-8-26/h9-12,14H,1-8,13H2,(H2,23,24,28). The van der Waals surface area contributed by atoms with Gasteiger partial charge in [-0.05, 0) is 62.9 Å². The van der Waals surface area contributed by atoms with Gasteiger partial charge in [0.05, 0.1) is 23.1 Å². The molecule has 1 aliphatic rings. The van der Waals surface area contributed by atoms with Crippen LogP contribution in [-0.2, 0) is 6.61 Å². The summed E-state index contributed by atoms with van der Waals surface area (Å²) in [6, 6.07) is 3.35. The predicted octanol–water partition coefficient (Wildman–Crippen LogP) is 4.02. The van der Waals surface area contributed by atoms with Crippen LogP contribution in [0.2, 0.25) is 5.02 Å². The lowest BCUT2D eigenvalue weighted by Gasteiger charge is -2.14.